The summed E-state index contributed by atoms with van der Waals surface area (Å²) in [6, 6.07) is 14.1. The van der Waals surface area contributed by atoms with Crippen molar-refractivity contribution >= 4 is 11.6 Å². The van der Waals surface area contributed by atoms with Crippen LogP contribution in [-0.4, -0.2) is 34.7 Å². The van der Waals surface area contributed by atoms with E-state index in [-0.39, 0.29) is 11.9 Å². The molecule has 0 spiro atoms. The standard InChI is InChI=1S/C19H18ClFN4O/c20-16-4-2-1-3-15(16)17-11-22-9-10-25(17)12-18-23-19(24-26-18)13-5-7-14(21)8-6-13/h1-8,17,22H,9-12H2. The number of benzene rings is 2. The van der Waals surface area contributed by atoms with Crippen molar-refractivity contribution in [3.05, 3.63) is 70.8 Å². The highest BCUT2D eigenvalue weighted by molar-refractivity contribution is 6.31. The number of nitrogens with zero attached hydrogens (tertiary/aromatic N) is 3. The molecule has 0 saturated carbocycles. The number of hydrogen-bond acceptors (Lipinski definition) is 5. The van der Waals surface area contributed by atoms with Crippen LogP contribution < -0.4 is 5.32 Å². The molecule has 1 aromatic heterocycles. The molecule has 134 valence electrons. The van der Waals surface area contributed by atoms with Gasteiger partial charge in [-0.15, -0.1) is 0 Å². The highest BCUT2D eigenvalue weighted by atomic mass is 35.5. The average molecular weight is 373 g/mol. The van der Waals surface area contributed by atoms with E-state index in [9.17, 15) is 4.39 Å². The van der Waals surface area contributed by atoms with E-state index >= 15 is 0 Å². The zero-order valence-electron chi connectivity index (χ0n) is 14.0. The SMILES string of the molecule is Fc1ccc(-c2noc(CN3CCNCC3c3ccccc3Cl)n2)cc1. The van der Waals surface area contributed by atoms with Crippen LogP contribution in [0.3, 0.4) is 0 Å². The van der Waals surface area contributed by atoms with Crippen molar-refractivity contribution in [2.75, 3.05) is 19.6 Å². The molecule has 1 atom stereocenters. The summed E-state index contributed by atoms with van der Waals surface area (Å²) in [7, 11) is 0. The van der Waals surface area contributed by atoms with E-state index in [0.29, 0.717) is 18.3 Å². The van der Waals surface area contributed by atoms with Crippen molar-refractivity contribution in [1.29, 1.82) is 0 Å². The fourth-order valence-corrected chi connectivity index (χ4v) is 3.46. The van der Waals surface area contributed by atoms with Crippen molar-refractivity contribution in [3.8, 4) is 11.4 Å². The summed E-state index contributed by atoms with van der Waals surface area (Å²) in [6.45, 7) is 3.08. The summed E-state index contributed by atoms with van der Waals surface area (Å²) in [5.41, 5.74) is 1.81. The summed E-state index contributed by atoms with van der Waals surface area (Å²) < 4.78 is 18.5. The molecule has 1 N–H and O–H groups in total. The second-order valence-electron chi connectivity index (χ2n) is 6.23. The zero-order chi connectivity index (χ0) is 17.9. The smallest absolute Gasteiger partial charge is 0.241 e. The molecule has 1 unspecified atom stereocenters. The largest absolute Gasteiger partial charge is 0.338 e. The first kappa shape index (κ1) is 17.1. The van der Waals surface area contributed by atoms with Gasteiger partial charge in [0.05, 0.1) is 6.54 Å². The molecule has 7 heteroatoms. The normalized spacial score (nSPS) is 18.2. The van der Waals surface area contributed by atoms with E-state index in [4.69, 9.17) is 16.1 Å². The van der Waals surface area contributed by atoms with Gasteiger partial charge in [0.2, 0.25) is 11.7 Å². The summed E-state index contributed by atoms with van der Waals surface area (Å²) in [5.74, 6) is 0.702. The number of rotatable bonds is 4. The van der Waals surface area contributed by atoms with Gasteiger partial charge in [-0.1, -0.05) is 35.0 Å². The number of piperazine rings is 1. The monoisotopic (exact) mass is 372 g/mol. The summed E-state index contributed by atoms with van der Waals surface area (Å²) in [4.78, 5) is 6.74. The van der Waals surface area contributed by atoms with E-state index < -0.39 is 0 Å². The van der Waals surface area contributed by atoms with Gasteiger partial charge in [-0.2, -0.15) is 4.98 Å². The van der Waals surface area contributed by atoms with Crippen molar-refractivity contribution in [2.45, 2.75) is 12.6 Å². The van der Waals surface area contributed by atoms with Crippen molar-refractivity contribution in [3.63, 3.8) is 0 Å². The van der Waals surface area contributed by atoms with Crippen LogP contribution in [0.1, 0.15) is 17.5 Å². The molecule has 3 aromatic rings. The molecule has 0 radical (unpaired) electrons. The first-order valence-corrected chi connectivity index (χ1v) is 8.86. The van der Waals surface area contributed by atoms with Crippen molar-refractivity contribution in [1.82, 2.24) is 20.4 Å². The molecule has 2 heterocycles. The molecular weight excluding hydrogens is 355 g/mol. The third kappa shape index (κ3) is 3.62. The molecule has 2 aromatic carbocycles. The fraction of sp³-hybridized carbons (Fsp3) is 0.263. The molecule has 0 aliphatic carbocycles. The third-order valence-corrected chi connectivity index (χ3v) is 4.87. The molecule has 0 bridgehead atoms. The van der Waals surface area contributed by atoms with E-state index in [2.05, 4.69) is 20.4 Å². The molecule has 1 aliphatic heterocycles. The minimum Gasteiger partial charge on any atom is -0.338 e. The van der Waals surface area contributed by atoms with Crippen LogP contribution in [0.25, 0.3) is 11.4 Å². The van der Waals surface area contributed by atoms with Gasteiger partial charge < -0.3 is 9.84 Å². The zero-order valence-corrected chi connectivity index (χ0v) is 14.8. The lowest BCUT2D eigenvalue weighted by Crippen LogP contribution is -2.45. The van der Waals surface area contributed by atoms with E-state index in [0.717, 1.165) is 35.8 Å². The lowest BCUT2D eigenvalue weighted by atomic mass is 10.0. The van der Waals surface area contributed by atoms with Crippen molar-refractivity contribution in [2.24, 2.45) is 0 Å². The minimum atomic E-state index is -0.291. The molecule has 4 rings (SSSR count). The highest BCUT2D eigenvalue weighted by Gasteiger charge is 2.27. The quantitative estimate of drug-likeness (QED) is 0.757. The van der Waals surface area contributed by atoms with Gasteiger partial charge in [0, 0.05) is 36.3 Å². The Labute approximate surface area is 155 Å². The molecule has 1 saturated heterocycles. The topological polar surface area (TPSA) is 54.2 Å². The Kier molecular flexibility index (Phi) is 4.97. The van der Waals surface area contributed by atoms with Gasteiger partial charge in [-0.05, 0) is 35.9 Å². The maximum absolute atomic E-state index is 13.1. The minimum absolute atomic E-state index is 0.138. The van der Waals surface area contributed by atoms with Crippen LogP contribution in [0.5, 0.6) is 0 Å². The molecule has 26 heavy (non-hydrogen) atoms. The van der Waals surface area contributed by atoms with Crippen LogP contribution >= 0.6 is 11.6 Å². The number of hydrogen-bond donors (Lipinski definition) is 1. The van der Waals surface area contributed by atoms with Crippen LogP contribution in [0, 0.1) is 5.82 Å². The molecule has 0 amide bonds. The Bertz CT molecular complexity index is 883. The number of halogens is 2. The van der Waals surface area contributed by atoms with Crippen molar-refractivity contribution < 1.29 is 8.91 Å². The van der Waals surface area contributed by atoms with Crippen LogP contribution in [0.15, 0.2) is 53.1 Å². The summed E-state index contributed by atoms with van der Waals surface area (Å²) in [5, 5.41) is 8.18. The van der Waals surface area contributed by atoms with E-state index in [1.54, 1.807) is 12.1 Å². The maximum atomic E-state index is 13.1. The first-order valence-electron chi connectivity index (χ1n) is 8.48. The van der Waals surface area contributed by atoms with Gasteiger partial charge in [0.1, 0.15) is 5.82 Å². The third-order valence-electron chi connectivity index (χ3n) is 4.53. The van der Waals surface area contributed by atoms with E-state index in [1.165, 1.54) is 12.1 Å². The Morgan fingerprint density at radius 2 is 2.00 bits per heavy atom. The predicted octanol–water partition coefficient (Wildman–Crippen LogP) is 3.68. The van der Waals surface area contributed by atoms with E-state index in [1.807, 2.05) is 24.3 Å². The van der Waals surface area contributed by atoms with Gasteiger partial charge >= 0.3 is 0 Å². The Hall–Kier alpha value is -2.28. The van der Waals surface area contributed by atoms with Crippen LogP contribution in [-0.2, 0) is 6.54 Å². The number of aromatic nitrogens is 2. The van der Waals surface area contributed by atoms with Gasteiger partial charge in [-0.25, -0.2) is 4.39 Å². The summed E-state index contributed by atoms with van der Waals surface area (Å²) >= 11 is 6.39. The Morgan fingerprint density at radius 1 is 1.19 bits per heavy atom. The molecule has 1 fully saturated rings. The number of nitrogens with one attached hydrogen (secondary N) is 1. The second-order valence-corrected chi connectivity index (χ2v) is 6.64. The second kappa shape index (κ2) is 7.53. The summed E-state index contributed by atoms with van der Waals surface area (Å²) in [6.07, 6.45) is 0. The van der Waals surface area contributed by atoms with Gasteiger partial charge in [-0.3, -0.25) is 4.90 Å². The lowest BCUT2D eigenvalue weighted by Gasteiger charge is -2.35. The molecule has 1 aliphatic rings. The Morgan fingerprint density at radius 3 is 2.81 bits per heavy atom. The highest BCUT2D eigenvalue weighted by Crippen LogP contribution is 2.29. The first-order chi connectivity index (χ1) is 12.7. The lowest BCUT2D eigenvalue weighted by molar-refractivity contribution is 0.136. The van der Waals surface area contributed by atoms with Gasteiger partial charge in [0.25, 0.3) is 0 Å². The molecular formula is C19H18ClFN4O. The Balaban J connectivity index is 1.54. The predicted molar refractivity (Wildman–Crippen MR) is 97.2 cm³/mol. The fourth-order valence-electron chi connectivity index (χ4n) is 3.20. The van der Waals surface area contributed by atoms with Gasteiger partial charge in [0.15, 0.2) is 0 Å². The maximum Gasteiger partial charge on any atom is 0.241 e. The van der Waals surface area contributed by atoms with Crippen LogP contribution in [0.2, 0.25) is 5.02 Å². The average Bonchev–Trinajstić information content (AvgIpc) is 3.12. The van der Waals surface area contributed by atoms with Crippen LogP contribution in [0.4, 0.5) is 4.39 Å². The molecule has 5 nitrogen and oxygen atoms in total.